The summed E-state index contributed by atoms with van der Waals surface area (Å²) in [4.78, 5) is 26.3. The summed E-state index contributed by atoms with van der Waals surface area (Å²) in [6.45, 7) is 4.85. The Kier molecular flexibility index (Phi) is 6.57. The van der Waals surface area contributed by atoms with Gasteiger partial charge in [0.15, 0.2) is 0 Å². The van der Waals surface area contributed by atoms with E-state index in [0.717, 1.165) is 16.9 Å². The predicted molar refractivity (Wildman–Crippen MR) is 97.6 cm³/mol. The molecule has 25 heavy (non-hydrogen) atoms. The maximum absolute atomic E-state index is 12.4. The van der Waals surface area contributed by atoms with Gasteiger partial charge in [0, 0.05) is 18.7 Å². The van der Waals surface area contributed by atoms with E-state index >= 15 is 0 Å². The first-order chi connectivity index (χ1) is 12.0. The van der Waals surface area contributed by atoms with Crippen LogP contribution in [0.1, 0.15) is 28.4 Å². The van der Waals surface area contributed by atoms with E-state index < -0.39 is 0 Å². The Morgan fingerprint density at radius 1 is 1.08 bits per heavy atom. The molecule has 2 aromatic carbocycles. The van der Waals surface area contributed by atoms with Crippen molar-refractivity contribution in [1.29, 1.82) is 0 Å². The van der Waals surface area contributed by atoms with Gasteiger partial charge in [-0.3, -0.25) is 9.59 Å². The van der Waals surface area contributed by atoms with Gasteiger partial charge in [0.05, 0.1) is 13.7 Å². The standard InChI is InChI=1S/C20H24N2O3/c1-4-22(14-16-9-11-17(25-3)12-10-16)19(23)13-21-20(24)18-8-6-5-7-15(18)2/h5-12H,4,13-14H2,1-3H3,(H,21,24). The number of nitrogens with one attached hydrogen (secondary N) is 1. The fraction of sp³-hybridized carbons (Fsp3) is 0.300. The summed E-state index contributed by atoms with van der Waals surface area (Å²) < 4.78 is 5.14. The lowest BCUT2D eigenvalue weighted by Gasteiger charge is -2.21. The Hall–Kier alpha value is -2.82. The number of rotatable bonds is 7. The Balaban J connectivity index is 1.93. The fourth-order valence-corrected chi connectivity index (χ4v) is 2.52. The van der Waals surface area contributed by atoms with Crippen LogP contribution in [0, 0.1) is 6.92 Å². The molecule has 2 amide bonds. The molecular weight excluding hydrogens is 316 g/mol. The van der Waals surface area contributed by atoms with E-state index in [1.165, 1.54) is 0 Å². The van der Waals surface area contributed by atoms with Crippen LogP contribution in [0.4, 0.5) is 0 Å². The maximum Gasteiger partial charge on any atom is 0.251 e. The van der Waals surface area contributed by atoms with Crippen LogP contribution < -0.4 is 10.1 Å². The van der Waals surface area contributed by atoms with Crippen molar-refractivity contribution in [2.24, 2.45) is 0 Å². The Morgan fingerprint density at radius 3 is 2.36 bits per heavy atom. The second-order valence-corrected chi connectivity index (χ2v) is 5.75. The van der Waals surface area contributed by atoms with Crippen LogP contribution >= 0.6 is 0 Å². The molecule has 0 spiro atoms. The molecule has 2 aromatic rings. The number of benzene rings is 2. The number of amides is 2. The summed E-state index contributed by atoms with van der Waals surface area (Å²) in [5, 5.41) is 2.71. The zero-order valence-electron chi connectivity index (χ0n) is 14.9. The molecule has 0 aliphatic carbocycles. The van der Waals surface area contributed by atoms with Gasteiger partial charge in [0.1, 0.15) is 5.75 Å². The number of carbonyl (C=O) groups excluding carboxylic acids is 2. The number of carbonyl (C=O) groups is 2. The van der Waals surface area contributed by atoms with E-state index in [1.54, 1.807) is 18.1 Å². The summed E-state index contributed by atoms with van der Waals surface area (Å²) in [7, 11) is 1.62. The summed E-state index contributed by atoms with van der Waals surface area (Å²) in [5.41, 5.74) is 2.49. The minimum absolute atomic E-state index is 0.0167. The molecule has 5 heteroatoms. The molecule has 0 aliphatic heterocycles. The lowest BCUT2D eigenvalue weighted by molar-refractivity contribution is -0.130. The predicted octanol–water partition coefficient (Wildman–Crippen LogP) is 2.78. The van der Waals surface area contributed by atoms with Gasteiger partial charge in [0.25, 0.3) is 5.91 Å². The third-order valence-corrected chi connectivity index (χ3v) is 4.06. The minimum atomic E-state index is -0.230. The first-order valence-corrected chi connectivity index (χ1v) is 8.29. The van der Waals surface area contributed by atoms with Crippen molar-refractivity contribution in [3.63, 3.8) is 0 Å². The van der Waals surface area contributed by atoms with E-state index in [9.17, 15) is 9.59 Å². The molecular formula is C20H24N2O3. The molecule has 0 heterocycles. The SMILES string of the molecule is CCN(Cc1ccc(OC)cc1)C(=O)CNC(=O)c1ccccc1C. The van der Waals surface area contributed by atoms with Crippen LogP contribution in [-0.2, 0) is 11.3 Å². The first-order valence-electron chi connectivity index (χ1n) is 8.29. The topological polar surface area (TPSA) is 58.6 Å². The van der Waals surface area contributed by atoms with Gasteiger partial charge in [-0.2, -0.15) is 0 Å². The monoisotopic (exact) mass is 340 g/mol. The molecule has 2 rings (SSSR count). The van der Waals surface area contributed by atoms with Gasteiger partial charge in [0.2, 0.25) is 5.91 Å². The third kappa shape index (κ3) is 5.08. The van der Waals surface area contributed by atoms with Gasteiger partial charge in [-0.25, -0.2) is 0 Å². The summed E-state index contributed by atoms with van der Waals surface area (Å²) in [6.07, 6.45) is 0. The van der Waals surface area contributed by atoms with E-state index in [4.69, 9.17) is 4.74 Å². The molecule has 0 unspecified atom stereocenters. The zero-order chi connectivity index (χ0) is 18.2. The van der Waals surface area contributed by atoms with Crippen LogP contribution in [0.5, 0.6) is 5.75 Å². The normalized spacial score (nSPS) is 10.2. The molecule has 5 nitrogen and oxygen atoms in total. The molecule has 0 saturated heterocycles. The quantitative estimate of drug-likeness (QED) is 0.843. The summed E-state index contributed by atoms with van der Waals surface area (Å²) >= 11 is 0. The Bertz CT molecular complexity index is 726. The van der Waals surface area contributed by atoms with Gasteiger partial charge in [-0.15, -0.1) is 0 Å². The van der Waals surface area contributed by atoms with Gasteiger partial charge >= 0.3 is 0 Å². The third-order valence-electron chi connectivity index (χ3n) is 4.06. The van der Waals surface area contributed by atoms with Gasteiger partial charge in [-0.1, -0.05) is 30.3 Å². The largest absolute Gasteiger partial charge is 0.497 e. The van der Waals surface area contributed by atoms with Crippen molar-refractivity contribution < 1.29 is 14.3 Å². The van der Waals surface area contributed by atoms with E-state index in [-0.39, 0.29) is 18.4 Å². The van der Waals surface area contributed by atoms with E-state index in [1.807, 2.05) is 56.3 Å². The highest BCUT2D eigenvalue weighted by Gasteiger charge is 2.15. The van der Waals surface area contributed by atoms with Crippen LogP contribution in [0.25, 0.3) is 0 Å². The number of likely N-dealkylation sites (N-methyl/N-ethyl adjacent to an activating group) is 1. The van der Waals surface area contributed by atoms with Crippen molar-refractivity contribution in [3.8, 4) is 5.75 Å². The van der Waals surface area contributed by atoms with E-state index in [0.29, 0.717) is 18.7 Å². The number of methoxy groups -OCH3 is 1. The smallest absolute Gasteiger partial charge is 0.251 e. The Labute approximate surface area is 148 Å². The van der Waals surface area contributed by atoms with Crippen molar-refractivity contribution in [2.45, 2.75) is 20.4 Å². The maximum atomic E-state index is 12.4. The van der Waals surface area contributed by atoms with Crippen LogP contribution in [-0.4, -0.2) is 36.9 Å². The Morgan fingerprint density at radius 2 is 1.76 bits per heavy atom. The number of ether oxygens (including phenoxy) is 1. The molecule has 0 fully saturated rings. The lowest BCUT2D eigenvalue weighted by atomic mass is 10.1. The molecule has 1 N–H and O–H groups in total. The zero-order valence-corrected chi connectivity index (χ0v) is 14.9. The minimum Gasteiger partial charge on any atom is -0.497 e. The van der Waals surface area contributed by atoms with E-state index in [2.05, 4.69) is 5.32 Å². The van der Waals surface area contributed by atoms with Crippen molar-refractivity contribution in [1.82, 2.24) is 10.2 Å². The highest BCUT2D eigenvalue weighted by Crippen LogP contribution is 2.13. The molecule has 0 aromatic heterocycles. The van der Waals surface area contributed by atoms with Crippen LogP contribution in [0.3, 0.4) is 0 Å². The second-order valence-electron chi connectivity index (χ2n) is 5.75. The molecule has 0 bridgehead atoms. The van der Waals surface area contributed by atoms with Gasteiger partial charge < -0.3 is 15.0 Å². The lowest BCUT2D eigenvalue weighted by Crippen LogP contribution is -2.39. The molecule has 0 aliphatic rings. The number of aryl methyl sites for hydroxylation is 1. The van der Waals surface area contributed by atoms with Crippen molar-refractivity contribution in [2.75, 3.05) is 20.2 Å². The fourth-order valence-electron chi connectivity index (χ4n) is 2.52. The number of hydrogen-bond acceptors (Lipinski definition) is 3. The van der Waals surface area contributed by atoms with Crippen LogP contribution in [0.15, 0.2) is 48.5 Å². The van der Waals surface area contributed by atoms with Gasteiger partial charge in [-0.05, 0) is 43.2 Å². The highest BCUT2D eigenvalue weighted by molar-refractivity contribution is 5.97. The summed E-state index contributed by atoms with van der Waals surface area (Å²) in [6, 6.07) is 14.9. The molecule has 0 atom stereocenters. The molecule has 0 saturated carbocycles. The number of nitrogens with zero attached hydrogens (tertiary/aromatic N) is 1. The first kappa shape index (κ1) is 18.5. The average Bonchev–Trinajstić information content (AvgIpc) is 2.64. The average molecular weight is 340 g/mol. The molecule has 0 radical (unpaired) electrons. The number of hydrogen-bond donors (Lipinski definition) is 1. The van der Waals surface area contributed by atoms with Crippen LogP contribution in [0.2, 0.25) is 0 Å². The van der Waals surface area contributed by atoms with Crippen molar-refractivity contribution in [3.05, 3.63) is 65.2 Å². The van der Waals surface area contributed by atoms with Crippen molar-refractivity contribution >= 4 is 11.8 Å². The summed E-state index contributed by atoms with van der Waals surface area (Å²) in [5.74, 6) is 0.441. The molecule has 132 valence electrons. The second kappa shape index (κ2) is 8.87. The highest BCUT2D eigenvalue weighted by atomic mass is 16.5.